The summed E-state index contributed by atoms with van der Waals surface area (Å²) in [4.78, 5) is 2.10. The second-order valence-electron chi connectivity index (χ2n) is 5.04. The highest BCUT2D eigenvalue weighted by Crippen LogP contribution is 2.22. The third-order valence-electron chi connectivity index (χ3n) is 3.24. The third kappa shape index (κ3) is 4.14. The molecule has 0 aliphatic heterocycles. The first-order chi connectivity index (χ1) is 9.91. The minimum atomic E-state index is -3.47. The summed E-state index contributed by atoms with van der Waals surface area (Å²) in [5, 5.41) is 3.94. The topological polar surface area (TPSA) is 40.6 Å². The molecular formula is C14H20N2O2S3. The molecule has 0 aliphatic rings. The Bertz CT molecular complexity index is 598. The van der Waals surface area contributed by atoms with Crippen molar-refractivity contribution in [1.29, 1.82) is 0 Å². The molecule has 0 aromatic carbocycles. The van der Waals surface area contributed by atoms with Gasteiger partial charge in [0, 0.05) is 35.9 Å². The molecule has 0 atom stereocenters. The number of nitrogens with zero attached hydrogens (tertiary/aromatic N) is 2. The lowest BCUT2D eigenvalue weighted by Crippen LogP contribution is -2.43. The van der Waals surface area contributed by atoms with Gasteiger partial charge in [-0.3, -0.25) is 0 Å². The zero-order valence-electron chi connectivity index (χ0n) is 12.4. The number of thiophene rings is 2. The van der Waals surface area contributed by atoms with E-state index in [1.165, 1.54) is 4.31 Å². The van der Waals surface area contributed by atoms with Crippen molar-refractivity contribution in [3.63, 3.8) is 0 Å². The Morgan fingerprint density at radius 1 is 1.05 bits per heavy atom. The van der Waals surface area contributed by atoms with Crippen LogP contribution in [0.15, 0.2) is 35.0 Å². The van der Waals surface area contributed by atoms with Gasteiger partial charge in [0.1, 0.15) is 0 Å². The van der Waals surface area contributed by atoms with E-state index in [4.69, 9.17) is 0 Å². The summed E-state index contributed by atoms with van der Waals surface area (Å²) in [6.45, 7) is 4.59. The summed E-state index contributed by atoms with van der Waals surface area (Å²) in [5.41, 5.74) is 0. The summed E-state index contributed by atoms with van der Waals surface area (Å²) in [6.07, 6.45) is 0. The molecule has 0 radical (unpaired) electrons. The molecule has 0 aliphatic carbocycles. The van der Waals surface area contributed by atoms with Gasteiger partial charge in [0.15, 0.2) is 0 Å². The van der Waals surface area contributed by atoms with Crippen LogP contribution in [0.3, 0.4) is 0 Å². The molecule has 0 saturated heterocycles. The average molecular weight is 345 g/mol. The molecule has 2 rings (SSSR count). The van der Waals surface area contributed by atoms with E-state index in [2.05, 4.69) is 0 Å². The molecule has 2 aromatic heterocycles. The van der Waals surface area contributed by atoms with E-state index in [1.807, 2.05) is 48.9 Å². The van der Waals surface area contributed by atoms with Crippen LogP contribution in [-0.2, 0) is 23.3 Å². The van der Waals surface area contributed by atoms with Gasteiger partial charge in [-0.1, -0.05) is 12.1 Å². The van der Waals surface area contributed by atoms with Gasteiger partial charge in [-0.25, -0.2) is 0 Å². The van der Waals surface area contributed by atoms with Crippen LogP contribution in [-0.4, -0.2) is 30.1 Å². The summed E-state index contributed by atoms with van der Waals surface area (Å²) in [7, 11) is -1.84. The van der Waals surface area contributed by atoms with E-state index < -0.39 is 10.2 Å². The highest BCUT2D eigenvalue weighted by Gasteiger charge is 2.29. The lowest BCUT2D eigenvalue weighted by molar-refractivity contribution is 0.329. The molecule has 116 valence electrons. The number of hydrogen-bond acceptors (Lipinski definition) is 4. The molecule has 4 nitrogen and oxygen atoms in total. The SMILES string of the molecule is CC(C)N(C)S(=O)(=O)N(Cc1cccs1)Cc1cccs1. The van der Waals surface area contributed by atoms with Gasteiger partial charge < -0.3 is 0 Å². The Balaban J connectivity index is 2.26. The number of hydrogen-bond donors (Lipinski definition) is 0. The maximum Gasteiger partial charge on any atom is 0.282 e. The first-order valence-corrected chi connectivity index (χ1v) is 9.84. The van der Waals surface area contributed by atoms with E-state index in [9.17, 15) is 8.42 Å². The zero-order chi connectivity index (χ0) is 15.5. The molecule has 0 bridgehead atoms. The molecule has 0 unspecified atom stereocenters. The fraction of sp³-hybridized carbons (Fsp3) is 0.429. The van der Waals surface area contributed by atoms with Crippen molar-refractivity contribution < 1.29 is 8.42 Å². The monoisotopic (exact) mass is 344 g/mol. The van der Waals surface area contributed by atoms with Crippen molar-refractivity contribution in [1.82, 2.24) is 8.61 Å². The molecule has 0 saturated carbocycles. The van der Waals surface area contributed by atoms with Gasteiger partial charge in [-0.05, 0) is 36.7 Å². The minimum Gasteiger partial charge on any atom is -0.195 e. The van der Waals surface area contributed by atoms with Crippen LogP contribution in [0, 0.1) is 0 Å². The quantitative estimate of drug-likeness (QED) is 0.772. The summed E-state index contributed by atoms with van der Waals surface area (Å²) >= 11 is 3.16. The summed E-state index contributed by atoms with van der Waals surface area (Å²) < 4.78 is 28.5. The third-order valence-corrected chi connectivity index (χ3v) is 7.02. The lowest BCUT2D eigenvalue weighted by atomic mass is 10.4. The van der Waals surface area contributed by atoms with E-state index in [0.717, 1.165) is 9.75 Å². The van der Waals surface area contributed by atoms with Crippen molar-refractivity contribution in [2.24, 2.45) is 0 Å². The van der Waals surface area contributed by atoms with E-state index >= 15 is 0 Å². The summed E-state index contributed by atoms with van der Waals surface area (Å²) in [5.74, 6) is 0. The predicted molar refractivity (Wildman–Crippen MR) is 89.7 cm³/mol. The van der Waals surface area contributed by atoms with Gasteiger partial charge in [0.2, 0.25) is 0 Å². The van der Waals surface area contributed by atoms with Crippen molar-refractivity contribution >= 4 is 32.9 Å². The molecular weight excluding hydrogens is 324 g/mol. The van der Waals surface area contributed by atoms with Gasteiger partial charge in [-0.2, -0.15) is 17.0 Å². The van der Waals surface area contributed by atoms with E-state index in [0.29, 0.717) is 13.1 Å². The highest BCUT2D eigenvalue weighted by molar-refractivity contribution is 7.86. The van der Waals surface area contributed by atoms with Crippen LogP contribution in [0.4, 0.5) is 0 Å². The number of rotatable bonds is 7. The largest absolute Gasteiger partial charge is 0.282 e. The van der Waals surface area contributed by atoms with E-state index in [-0.39, 0.29) is 6.04 Å². The Kier molecular flexibility index (Phi) is 5.56. The second kappa shape index (κ2) is 7.02. The Labute approximate surface area is 134 Å². The molecule has 0 fully saturated rings. The maximum atomic E-state index is 12.8. The normalized spacial score (nSPS) is 12.7. The van der Waals surface area contributed by atoms with Crippen molar-refractivity contribution in [2.75, 3.05) is 7.05 Å². The molecule has 0 N–H and O–H groups in total. The standard InChI is InChI=1S/C14H20N2O2S3/c1-12(2)15(3)21(17,18)16(10-13-6-4-8-19-13)11-14-7-5-9-20-14/h4-9,12H,10-11H2,1-3H3. The van der Waals surface area contributed by atoms with Crippen LogP contribution in [0.25, 0.3) is 0 Å². The summed E-state index contributed by atoms with van der Waals surface area (Å²) in [6, 6.07) is 7.77. The smallest absolute Gasteiger partial charge is 0.195 e. The molecule has 2 heterocycles. The van der Waals surface area contributed by atoms with Gasteiger partial charge in [0.05, 0.1) is 0 Å². The first-order valence-electron chi connectivity index (χ1n) is 6.69. The van der Waals surface area contributed by atoms with E-state index in [1.54, 1.807) is 34.0 Å². The van der Waals surface area contributed by atoms with Gasteiger partial charge in [0.25, 0.3) is 10.2 Å². The van der Waals surface area contributed by atoms with Crippen LogP contribution in [0.5, 0.6) is 0 Å². The van der Waals surface area contributed by atoms with Crippen LogP contribution >= 0.6 is 22.7 Å². The minimum absolute atomic E-state index is 0.0656. The highest BCUT2D eigenvalue weighted by atomic mass is 32.2. The van der Waals surface area contributed by atoms with Gasteiger partial charge in [-0.15, -0.1) is 22.7 Å². The van der Waals surface area contributed by atoms with Crippen LogP contribution in [0.2, 0.25) is 0 Å². The van der Waals surface area contributed by atoms with Crippen molar-refractivity contribution in [3.05, 3.63) is 44.8 Å². The Hall–Kier alpha value is -0.730. The zero-order valence-corrected chi connectivity index (χ0v) is 14.8. The Morgan fingerprint density at radius 2 is 1.52 bits per heavy atom. The fourth-order valence-electron chi connectivity index (χ4n) is 1.82. The van der Waals surface area contributed by atoms with Crippen LogP contribution in [0.1, 0.15) is 23.6 Å². The molecule has 0 spiro atoms. The maximum absolute atomic E-state index is 12.8. The van der Waals surface area contributed by atoms with Gasteiger partial charge >= 0.3 is 0 Å². The van der Waals surface area contributed by atoms with Crippen LogP contribution < -0.4 is 0 Å². The fourth-order valence-corrected chi connectivity index (χ4v) is 4.92. The van der Waals surface area contributed by atoms with Crippen molar-refractivity contribution in [3.8, 4) is 0 Å². The van der Waals surface area contributed by atoms with Crippen molar-refractivity contribution in [2.45, 2.75) is 33.0 Å². The lowest BCUT2D eigenvalue weighted by Gasteiger charge is -2.29. The first kappa shape index (κ1) is 16.6. The second-order valence-corrected chi connectivity index (χ2v) is 9.10. The molecule has 0 amide bonds. The molecule has 21 heavy (non-hydrogen) atoms. The Morgan fingerprint density at radius 3 is 1.86 bits per heavy atom. The molecule has 7 heteroatoms. The molecule has 2 aromatic rings. The average Bonchev–Trinajstić information content (AvgIpc) is 3.10. The predicted octanol–water partition coefficient (Wildman–Crippen LogP) is 3.40.